The maximum Gasteiger partial charge on any atom is 0.136 e. The molecule has 0 bridgehead atoms. The summed E-state index contributed by atoms with van der Waals surface area (Å²) in [5.74, 6) is 0. The van der Waals surface area contributed by atoms with E-state index in [0.29, 0.717) is 0 Å². The molecule has 184 valence electrons. The first-order chi connectivity index (χ1) is 19.4. The predicted molar refractivity (Wildman–Crippen MR) is 165 cm³/mol. The third-order valence-corrected chi connectivity index (χ3v) is 8.14. The number of allylic oxidation sites excluding steroid dienone is 1. The summed E-state index contributed by atoms with van der Waals surface area (Å²) in [6, 6.07) is 43.5. The van der Waals surface area contributed by atoms with Crippen molar-refractivity contribution in [3.63, 3.8) is 0 Å². The van der Waals surface area contributed by atoms with Crippen LogP contribution in [-0.4, -0.2) is 0 Å². The highest BCUT2D eigenvalue weighted by Crippen LogP contribution is 2.46. The number of benzene rings is 6. The summed E-state index contributed by atoms with van der Waals surface area (Å²) >= 11 is 0. The van der Waals surface area contributed by atoms with Crippen LogP contribution in [0.4, 0.5) is 0 Å². The first kappa shape index (κ1) is 22.1. The molecule has 1 aliphatic carbocycles. The Labute approximate surface area is 227 Å². The van der Waals surface area contributed by atoms with Crippen LogP contribution in [-0.2, 0) is 6.42 Å². The van der Waals surface area contributed by atoms with Crippen LogP contribution in [0, 0.1) is 0 Å². The van der Waals surface area contributed by atoms with Gasteiger partial charge in [-0.2, -0.15) is 0 Å². The van der Waals surface area contributed by atoms with Gasteiger partial charge in [0.1, 0.15) is 11.2 Å². The third kappa shape index (κ3) is 3.47. The number of furan rings is 1. The van der Waals surface area contributed by atoms with Gasteiger partial charge in [0.2, 0.25) is 0 Å². The molecule has 0 saturated heterocycles. The van der Waals surface area contributed by atoms with E-state index >= 15 is 0 Å². The zero-order valence-electron chi connectivity index (χ0n) is 21.5. The van der Waals surface area contributed by atoms with Crippen molar-refractivity contribution in [1.82, 2.24) is 0 Å². The monoisotopic (exact) mass is 498 g/mol. The molecule has 0 amide bonds. The maximum absolute atomic E-state index is 6.37. The van der Waals surface area contributed by atoms with Gasteiger partial charge in [0.25, 0.3) is 0 Å². The molecule has 8 rings (SSSR count). The third-order valence-electron chi connectivity index (χ3n) is 8.14. The van der Waals surface area contributed by atoms with Gasteiger partial charge < -0.3 is 4.42 Å². The minimum absolute atomic E-state index is 0.923. The van der Waals surface area contributed by atoms with Gasteiger partial charge in [0.05, 0.1) is 0 Å². The summed E-state index contributed by atoms with van der Waals surface area (Å²) in [4.78, 5) is 0. The topological polar surface area (TPSA) is 13.1 Å². The highest BCUT2D eigenvalue weighted by Gasteiger charge is 2.22. The standard InChI is InChI=1S/C38H26O/c1-3-12-25(13-4-1)28-20-11-21-35-38(28)33-24-27(22-23-34(33)39-35)37-31-18-9-7-16-29(31)36(26-14-5-2-6-15-26)30-17-8-10-19-32(30)37/h1-7,9-16,18-24H,8,17H2. The van der Waals surface area contributed by atoms with E-state index in [0.717, 1.165) is 29.4 Å². The van der Waals surface area contributed by atoms with E-state index < -0.39 is 0 Å². The van der Waals surface area contributed by atoms with Crippen LogP contribution in [0.25, 0.3) is 72.2 Å². The van der Waals surface area contributed by atoms with Crippen molar-refractivity contribution in [2.75, 3.05) is 0 Å². The van der Waals surface area contributed by atoms with Crippen molar-refractivity contribution in [1.29, 1.82) is 0 Å². The van der Waals surface area contributed by atoms with Gasteiger partial charge in [-0.15, -0.1) is 0 Å². The van der Waals surface area contributed by atoms with Gasteiger partial charge in [0.15, 0.2) is 0 Å². The molecule has 1 aromatic heterocycles. The highest BCUT2D eigenvalue weighted by atomic mass is 16.3. The SMILES string of the molecule is C1=Cc2c(c(-c3ccccc3)c3ccccc3c2-c2ccc3oc4cccc(-c5ccccc5)c4c3c2)CC1. The van der Waals surface area contributed by atoms with Gasteiger partial charge in [-0.25, -0.2) is 0 Å². The van der Waals surface area contributed by atoms with E-state index in [1.54, 1.807) is 0 Å². The molecule has 0 unspecified atom stereocenters. The lowest BCUT2D eigenvalue weighted by Crippen LogP contribution is -2.02. The molecule has 1 aliphatic rings. The molecule has 0 aliphatic heterocycles. The molecular formula is C38H26O. The fraction of sp³-hybridized carbons (Fsp3) is 0.0526. The molecule has 1 heterocycles. The normalized spacial score (nSPS) is 12.8. The minimum Gasteiger partial charge on any atom is -0.456 e. The zero-order valence-corrected chi connectivity index (χ0v) is 21.5. The number of rotatable bonds is 3. The van der Waals surface area contributed by atoms with Crippen LogP contribution in [0.15, 0.2) is 132 Å². The first-order valence-electron chi connectivity index (χ1n) is 13.7. The van der Waals surface area contributed by atoms with Crippen molar-refractivity contribution in [2.24, 2.45) is 0 Å². The van der Waals surface area contributed by atoms with Crippen molar-refractivity contribution >= 4 is 38.8 Å². The Morgan fingerprint density at radius 3 is 2.03 bits per heavy atom. The van der Waals surface area contributed by atoms with Crippen LogP contribution in [0.3, 0.4) is 0 Å². The summed E-state index contributed by atoms with van der Waals surface area (Å²) in [7, 11) is 0. The Kier molecular flexibility index (Phi) is 5.03. The Hall–Kier alpha value is -4.88. The fourth-order valence-corrected chi connectivity index (χ4v) is 6.47. The lowest BCUT2D eigenvalue weighted by molar-refractivity contribution is 0.669. The second kappa shape index (κ2) is 8.85. The number of hydrogen-bond donors (Lipinski definition) is 0. The lowest BCUT2D eigenvalue weighted by Gasteiger charge is -2.23. The van der Waals surface area contributed by atoms with E-state index in [2.05, 4.69) is 133 Å². The van der Waals surface area contributed by atoms with Crippen LogP contribution in [0.1, 0.15) is 17.5 Å². The van der Waals surface area contributed by atoms with Gasteiger partial charge in [0, 0.05) is 10.8 Å². The Balaban J connectivity index is 1.45. The minimum atomic E-state index is 0.923. The molecule has 6 aromatic carbocycles. The summed E-state index contributed by atoms with van der Waals surface area (Å²) in [5.41, 5.74) is 12.2. The molecule has 0 fully saturated rings. The molecule has 1 heteroatoms. The van der Waals surface area contributed by atoms with Crippen molar-refractivity contribution in [3.8, 4) is 33.4 Å². The van der Waals surface area contributed by atoms with Crippen LogP contribution < -0.4 is 0 Å². The van der Waals surface area contributed by atoms with Crippen LogP contribution >= 0.6 is 0 Å². The lowest BCUT2D eigenvalue weighted by atomic mass is 9.80. The maximum atomic E-state index is 6.37. The molecule has 0 spiro atoms. The molecule has 39 heavy (non-hydrogen) atoms. The van der Waals surface area contributed by atoms with E-state index in [9.17, 15) is 0 Å². The molecule has 0 radical (unpaired) electrons. The second-order valence-electron chi connectivity index (χ2n) is 10.4. The summed E-state index contributed by atoms with van der Waals surface area (Å²) in [6.07, 6.45) is 6.79. The predicted octanol–water partition coefficient (Wildman–Crippen LogP) is 10.7. The first-order valence-corrected chi connectivity index (χ1v) is 13.7. The second-order valence-corrected chi connectivity index (χ2v) is 10.4. The number of fused-ring (bicyclic) bond motifs is 5. The van der Waals surface area contributed by atoms with Crippen LogP contribution in [0.5, 0.6) is 0 Å². The molecule has 1 nitrogen and oxygen atoms in total. The molecule has 0 N–H and O–H groups in total. The Morgan fingerprint density at radius 1 is 0.513 bits per heavy atom. The molecule has 0 saturated carbocycles. The zero-order chi connectivity index (χ0) is 25.8. The van der Waals surface area contributed by atoms with E-state index in [-0.39, 0.29) is 0 Å². The van der Waals surface area contributed by atoms with Gasteiger partial charge >= 0.3 is 0 Å². The van der Waals surface area contributed by atoms with Gasteiger partial charge in [-0.1, -0.05) is 115 Å². The Morgan fingerprint density at radius 2 is 1.23 bits per heavy atom. The van der Waals surface area contributed by atoms with E-state index in [1.807, 2.05) is 0 Å². The molecule has 7 aromatic rings. The van der Waals surface area contributed by atoms with Gasteiger partial charge in [-0.3, -0.25) is 0 Å². The van der Waals surface area contributed by atoms with Crippen LogP contribution in [0.2, 0.25) is 0 Å². The number of hydrogen-bond acceptors (Lipinski definition) is 1. The van der Waals surface area contributed by atoms with E-state index in [1.165, 1.54) is 60.7 Å². The average molecular weight is 499 g/mol. The fourth-order valence-electron chi connectivity index (χ4n) is 6.47. The van der Waals surface area contributed by atoms with Crippen molar-refractivity contribution < 1.29 is 4.42 Å². The summed E-state index contributed by atoms with van der Waals surface area (Å²) in [5, 5.41) is 4.94. The van der Waals surface area contributed by atoms with Crippen molar-refractivity contribution in [3.05, 3.63) is 139 Å². The summed E-state index contributed by atoms with van der Waals surface area (Å²) < 4.78 is 6.37. The quantitative estimate of drug-likeness (QED) is 0.236. The van der Waals surface area contributed by atoms with Crippen molar-refractivity contribution in [2.45, 2.75) is 12.8 Å². The smallest absolute Gasteiger partial charge is 0.136 e. The average Bonchev–Trinajstić information content (AvgIpc) is 3.39. The Bertz CT molecular complexity index is 2040. The molecular weight excluding hydrogens is 472 g/mol. The summed E-state index contributed by atoms with van der Waals surface area (Å²) in [6.45, 7) is 0. The highest BCUT2D eigenvalue weighted by molar-refractivity contribution is 6.15. The van der Waals surface area contributed by atoms with E-state index in [4.69, 9.17) is 4.42 Å². The molecule has 0 atom stereocenters. The van der Waals surface area contributed by atoms with Gasteiger partial charge in [-0.05, 0) is 86.3 Å². The largest absolute Gasteiger partial charge is 0.456 e.